The van der Waals surface area contributed by atoms with Crippen LogP contribution in [-0.2, 0) is 17.3 Å². The van der Waals surface area contributed by atoms with Crippen LogP contribution in [0.2, 0.25) is 0 Å². The summed E-state index contributed by atoms with van der Waals surface area (Å²) in [6.07, 6.45) is -0.355. The summed E-state index contributed by atoms with van der Waals surface area (Å²) in [4.78, 5) is 5.96. The SMILES string of the molecule is FC(F)(F)c1ccc(-n2ccc3c(CCN4CCOCC4)cccc32)cn1. The van der Waals surface area contributed by atoms with Crippen molar-refractivity contribution in [1.29, 1.82) is 0 Å². The van der Waals surface area contributed by atoms with Gasteiger partial charge in [0.1, 0.15) is 5.69 Å². The van der Waals surface area contributed by atoms with E-state index in [0.717, 1.165) is 56.2 Å². The number of fused-ring (bicyclic) bond motifs is 1. The molecule has 0 aliphatic carbocycles. The van der Waals surface area contributed by atoms with Gasteiger partial charge in [-0.2, -0.15) is 13.2 Å². The molecule has 1 aromatic carbocycles. The van der Waals surface area contributed by atoms with Crippen molar-refractivity contribution >= 4 is 10.9 Å². The van der Waals surface area contributed by atoms with Crippen molar-refractivity contribution in [3.63, 3.8) is 0 Å². The maximum absolute atomic E-state index is 12.7. The fraction of sp³-hybridized carbons (Fsp3) is 0.350. The summed E-state index contributed by atoms with van der Waals surface area (Å²) >= 11 is 0. The summed E-state index contributed by atoms with van der Waals surface area (Å²) in [6.45, 7) is 4.43. The molecule has 3 aromatic rings. The van der Waals surface area contributed by atoms with Crippen LogP contribution >= 0.6 is 0 Å². The van der Waals surface area contributed by atoms with Crippen molar-refractivity contribution in [3.8, 4) is 5.69 Å². The van der Waals surface area contributed by atoms with Crippen LogP contribution in [0.1, 0.15) is 11.3 Å². The highest BCUT2D eigenvalue weighted by atomic mass is 19.4. The molecule has 4 nitrogen and oxygen atoms in total. The number of nitrogens with zero attached hydrogens (tertiary/aromatic N) is 3. The van der Waals surface area contributed by atoms with Crippen molar-refractivity contribution < 1.29 is 17.9 Å². The van der Waals surface area contributed by atoms with E-state index in [1.165, 1.54) is 17.8 Å². The molecular weight excluding hydrogens is 355 g/mol. The van der Waals surface area contributed by atoms with E-state index >= 15 is 0 Å². The van der Waals surface area contributed by atoms with Crippen LogP contribution in [0.3, 0.4) is 0 Å². The second-order valence-electron chi connectivity index (χ2n) is 6.64. The Kier molecular flexibility index (Phi) is 4.88. The Labute approximate surface area is 155 Å². The number of hydrogen-bond acceptors (Lipinski definition) is 3. The van der Waals surface area contributed by atoms with Gasteiger partial charge in [-0.1, -0.05) is 12.1 Å². The van der Waals surface area contributed by atoms with Gasteiger partial charge in [-0.15, -0.1) is 0 Å². The second kappa shape index (κ2) is 7.32. The lowest BCUT2D eigenvalue weighted by Gasteiger charge is -2.26. The van der Waals surface area contributed by atoms with Crippen LogP contribution in [0.4, 0.5) is 13.2 Å². The zero-order chi connectivity index (χ0) is 18.9. The number of aromatic nitrogens is 2. The Bertz CT molecular complexity index is 912. The smallest absolute Gasteiger partial charge is 0.379 e. The second-order valence-corrected chi connectivity index (χ2v) is 6.64. The summed E-state index contributed by atoms with van der Waals surface area (Å²) in [5, 5.41) is 1.12. The first-order valence-electron chi connectivity index (χ1n) is 8.95. The van der Waals surface area contributed by atoms with Crippen LogP contribution in [0.15, 0.2) is 48.8 Å². The molecule has 0 N–H and O–H groups in total. The van der Waals surface area contributed by atoms with E-state index in [4.69, 9.17) is 4.74 Å². The molecule has 0 spiro atoms. The normalized spacial score (nSPS) is 16.1. The molecule has 1 saturated heterocycles. The molecule has 1 aliphatic rings. The van der Waals surface area contributed by atoms with Gasteiger partial charge in [0.05, 0.1) is 30.6 Å². The Hall–Kier alpha value is -2.38. The molecule has 1 fully saturated rings. The summed E-state index contributed by atoms with van der Waals surface area (Å²) in [6, 6.07) is 10.6. The topological polar surface area (TPSA) is 30.3 Å². The third-order valence-corrected chi connectivity index (χ3v) is 4.94. The fourth-order valence-electron chi connectivity index (χ4n) is 3.47. The average Bonchev–Trinajstić information content (AvgIpc) is 3.11. The molecule has 2 aromatic heterocycles. The maximum Gasteiger partial charge on any atom is 0.433 e. The molecule has 0 saturated carbocycles. The molecule has 7 heteroatoms. The summed E-state index contributed by atoms with van der Waals surface area (Å²) in [5.41, 5.74) is 1.94. The predicted molar refractivity (Wildman–Crippen MR) is 97.0 cm³/mol. The van der Waals surface area contributed by atoms with E-state index in [1.54, 1.807) is 0 Å². The van der Waals surface area contributed by atoms with Gasteiger partial charge in [-0.3, -0.25) is 4.90 Å². The molecule has 3 heterocycles. The largest absolute Gasteiger partial charge is 0.433 e. The molecule has 0 amide bonds. The van der Waals surface area contributed by atoms with E-state index < -0.39 is 11.9 Å². The van der Waals surface area contributed by atoms with Gasteiger partial charge >= 0.3 is 6.18 Å². The standard InChI is InChI=1S/C20H20F3N3O/c21-20(22,23)19-5-4-16(14-24-19)26-9-7-17-15(2-1-3-18(17)26)6-8-25-10-12-27-13-11-25/h1-5,7,9,14H,6,8,10-13H2. The Balaban J connectivity index is 1.58. The number of morpholine rings is 1. The fourth-order valence-corrected chi connectivity index (χ4v) is 3.47. The Morgan fingerprint density at radius 1 is 1.04 bits per heavy atom. The number of ether oxygens (including phenoxy) is 1. The van der Waals surface area contributed by atoms with Crippen LogP contribution in [0.5, 0.6) is 0 Å². The molecular formula is C20H20F3N3O. The van der Waals surface area contributed by atoms with Gasteiger partial charge in [0.15, 0.2) is 0 Å². The molecule has 142 valence electrons. The number of benzene rings is 1. The minimum Gasteiger partial charge on any atom is -0.379 e. The zero-order valence-electron chi connectivity index (χ0n) is 14.7. The van der Waals surface area contributed by atoms with E-state index in [-0.39, 0.29) is 0 Å². The highest BCUT2D eigenvalue weighted by Crippen LogP contribution is 2.29. The van der Waals surface area contributed by atoms with E-state index in [0.29, 0.717) is 5.69 Å². The lowest BCUT2D eigenvalue weighted by atomic mass is 10.1. The Morgan fingerprint density at radius 2 is 1.85 bits per heavy atom. The van der Waals surface area contributed by atoms with Gasteiger partial charge in [0.2, 0.25) is 0 Å². The quantitative estimate of drug-likeness (QED) is 0.693. The van der Waals surface area contributed by atoms with Crippen LogP contribution in [-0.4, -0.2) is 47.3 Å². The van der Waals surface area contributed by atoms with Gasteiger partial charge in [0.25, 0.3) is 0 Å². The number of pyridine rings is 1. The third kappa shape index (κ3) is 3.84. The average molecular weight is 375 g/mol. The monoisotopic (exact) mass is 375 g/mol. The number of alkyl halides is 3. The summed E-state index contributed by atoms with van der Waals surface area (Å²) in [5.74, 6) is 0. The molecule has 4 rings (SSSR count). The molecule has 0 atom stereocenters. The Morgan fingerprint density at radius 3 is 2.56 bits per heavy atom. The van der Waals surface area contributed by atoms with Crippen molar-refractivity contribution in [2.75, 3.05) is 32.8 Å². The van der Waals surface area contributed by atoms with Gasteiger partial charge in [-0.05, 0) is 36.2 Å². The minimum absolute atomic E-state index is 0.614. The molecule has 0 unspecified atom stereocenters. The van der Waals surface area contributed by atoms with Gasteiger partial charge in [-0.25, -0.2) is 4.98 Å². The van der Waals surface area contributed by atoms with Gasteiger partial charge in [0, 0.05) is 31.2 Å². The van der Waals surface area contributed by atoms with E-state index in [2.05, 4.69) is 16.0 Å². The van der Waals surface area contributed by atoms with Crippen molar-refractivity contribution in [2.24, 2.45) is 0 Å². The first-order chi connectivity index (χ1) is 13.0. The molecule has 1 aliphatic heterocycles. The molecule has 0 bridgehead atoms. The lowest BCUT2D eigenvalue weighted by Crippen LogP contribution is -2.37. The van der Waals surface area contributed by atoms with Crippen LogP contribution < -0.4 is 0 Å². The summed E-state index contributed by atoms with van der Waals surface area (Å²) in [7, 11) is 0. The van der Waals surface area contributed by atoms with Crippen LogP contribution in [0.25, 0.3) is 16.6 Å². The zero-order valence-corrected chi connectivity index (χ0v) is 14.7. The van der Waals surface area contributed by atoms with Crippen molar-refractivity contribution in [1.82, 2.24) is 14.5 Å². The minimum atomic E-state index is -4.43. The van der Waals surface area contributed by atoms with Crippen LogP contribution in [0, 0.1) is 0 Å². The highest BCUT2D eigenvalue weighted by molar-refractivity contribution is 5.85. The maximum atomic E-state index is 12.7. The molecule has 27 heavy (non-hydrogen) atoms. The van der Waals surface area contributed by atoms with Crippen molar-refractivity contribution in [3.05, 3.63) is 60.0 Å². The lowest BCUT2D eigenvalue weighted by molar-refractivity contribution is -0.141. The van der Waals surface area contributed by atoms with E-state index in [1.807, 2.05) is 29.0 Å². The highest BCUT2D eigenvalue weighted by Gasteiger charge is 2.32. The third-order valence-electron chi connectivity index (χ3n) is 4.94. The van der Waals surface area contributed by atoms with Crippen molar-refractivity contribution in [2.45, 2.75) is 12.6 Å². The first kappa shape index (κ1) is 18.0. The van der Waals surface area contributed by atoms with E-state index in [9.17, 15) is 13.2 Å². The molecule has 0 radical (unpaired) electrons. The number of rotatable bonds is 4. The summed E-state index contributed by atoms with van der Waals surface area (Å²) < 4.78 is 45.4. The van der Waals surface area contributed by atoms with Gasteiger partial charge < -0.3 is 9.30 Å². The number of halogens is 3. The predicted octanol–water partition coefficient (Wildman–Crippen LogP) is 3.92. The number of hydrogen-bond donors (Lipinski definition) is 0. The first-order valence-corrected chi connectivity index (χ1v) is 8.95.